The van der Waals surface area contributed by atoms with E-state index in [-0.39, 0.29) is 5.95 Å². The van der Waals surface area contributed by atoms with Crippen molar-refractivity contribution in [2.45, 2.75) is 20.3 Å². The molecule has 0 amide bonds. The van der Waals surface area contributed by atoms with Crippen molar-refractivity contribution in [2.75, 3.05) is 22.9 Å². The minimum atomic E-state index is 0.251. The molecular formula is C14H18BrN5. The molecule has 106 valence electrons. The number of hydrogen-bond donors (Lipinski definition) is 3. The highest BCUT2D eigenvalue weighted by molar-refractivity contribution is 9.10. The summed E-state index contributed by atoms with van der Waals surface area (Å²) in [5.74, 6) is 1.66. The van der Waals surface area contributed by atoms with E-state index < -0.39 is 0 Å². The normalized spacial score (nSPS) is 10.3. The van der Waals surface area contributed by atoms with Crippen molar-refractivity contribution < 1.29 is 0 Å². The van der Waals surface area contributed by atoms with Gasteiger partial charge in [0.25, 0.3) is 0 Å². The largest absolute Gasteiger partial charge is 0.370 e. The molecule has 0 atom stereocenters. The number of aromatic nitrogens is 2. The fraction of sp³-hybridized carbons (Fsp3) is 0.286. The third-order valence-corrected chi connectivity index (χ3v) is 3.26. The molecule has 0 radical (unpaired) electrons. The van der Waals surface area contributed by atoms with Gasteiger partial charge in [-0.25, -0.2) is 0 Å². The zero-order valence-corrected chi connectivity index (χ0v) is 13.2. The number of nitrogens with one attached hydrogen (secondary N) is 2. The lowest BCUT2D eigenvalue weighted by Crippen LogP contribution is -2.07. The van der Waals surface area contributed by atoms with Crippen molar-refractivity contribution in [1.29, 1.82) is 0 Å². The Morgan fingerprint density at radius 3 is 2.70 bits per heavy atom. The maximum absolute atomic E-state index is 5.74. The van der Waals surface area contributed by atoms with Gasteiger partial charge in [0.15, 0.2) is 0 Å². The van der Waals surface area contributed by atoms with E-state index in [9.17, 15) is 0 Å². The summed E-state index contributed by atoms with van der Waals surface area (Å²) in [7, 11) is 0. The molecule has 2 aromatic rings. The van der Waals surface area contributed by atoms with Gasteiger partial charge in [0.05, 0.1) is 0 Å². The highest BCUT2D eigenvalue weighted by Crippen LogP contribution is 2.24. The van der Waals surface area contributed by atoms with Gasteiger partial charge >= 0.3 is 0 Å². The molecule has 0 saturated carbocycles. The highest BCUT2D eigenvalue weighted by atomic mass is 79.9. The summed E-state index contributed by atoms with van der Waals surface area (Å²) in [5, 5.41) is 6.48. The van der Waals surface area contributed by atoms with Crippen LogP contribution in [0.5, 0.6) is 0 Å². The van der Waals surface area contributed by atoms with Gasteiger partial charge in [-0.15, -0.1) is 0 Å². The van der Waals surface area contributed by atoms with E-state index in [1.54, 1.807) is 0 Å². The fourth-order valence-electron chi connectivity index (χ4n) is 1.74. The third-order valence-electron chi connectivity index (χ3n) is 2.76. The summed E-state index contributed by atoms with van der Waals surface area (Å²) in [6, 6.07) is 7.90. The molecule has 0 aliphatic heterocycles. The minimum absolute atomic E-state index is 0.251. The molecule has 0 bridgehead atoms. The minimum Gasteiger partial charge on any atom is -0.370 e. The molecule has 1 heterocycles. The number of hydrogen-bond acceptors (Lipinski definition) is 5. The summed E-state index contributed by atoms with van der Waals surface area (Å²) in [6.45, 7) is 4.99. The van der Waals surface area contributed by atoms with Gasteiger partial charge in [0, 0.05) is 22.8 Å². The Bertz CT molecular complexity index is 600. The van der Waals surface area contributed by atoms with Crippen molar-refractivity contribution >= 4 is 39.2 Å². The molecular weight excluding hydrogens is 318 g/mol. The zero-order chi connectivity index (χ0) is 14.5. The Kier molecular flexibility index (Phi) is 4.79. The van der Waals surface area contributed by atoms with Crippen molar-refractivity contribution in [3.8, 4) is 0 Å². The summed E-state index contributed by atoms with van der Waals surface area (Å²) in [6.07, 6.45) is 1.03. The van der Waals surface area contributed by atoms with Gasteiger partial charge in [-0.2, -0.15) is 9.97 Å². The third kappa shape index (κ3) is 3.84. The maximum atomic E-state index is 5.74. The van der Waals surface area contributed by atoms with E-state index in [4.69, 9.17) is 5.73 Å². The highest BCUT2D eigenvalue weighted by Gasteiger charge is 2.05. The Morgan fingerprint density at radius 2 is 1.95 bits per heavy atom. The van der Waals surface area contributed by atoms with Gasteiger partial charge in [-0.1, -0.05) is 28.9 Å². The lowest BCUT2D eigenvalue weighted by atomic mass is 10.2. The Balaban J connectivity index is 2.24. The first-order chi connectivity index (χ1) is 9.58. The number of aryl methyl sites for hydroxylation is 1. The zero-order valence-electron chi connectivity index (χ0n) is 11.6. The molecule has 1 aromatic carbocycles. The van der Waals surface area contributed by atoms with Gasteiger partial charge in [-0.3, -0.25) is 0 Å². The van der Waals surface area contributed by atoms with Gasteiger partial charge in [0.1, 0.15) is 11.6 Å². The van der Waals surface area contributed by atoms with E-state index >= 15 is 0 Å². The van der Waals surface area contributed by atoms with E-state index in [0.29, 0.717) is 5.82 Å². The molecule has 0 saturated heterocycles. The average Bonchev–Trinajstić information content (AvgIpc) is 2.40. The monoisotopic (exact) mass is 335 g/mol. The predicted octanol–water partition coefficient (Wildman–Crippen LogP) is 3.70. The smallest absolute Gasteiger partial charge is 0.223 e. The molecule has 0 unspecified atom stereocenters. The molecule has 1 aromatic heterocycles. The summed E-state index contributed by atoms with van der Waals surface area (Å²) in [4.78, 5) is 8.37. The van der Waals surface area contributed by atoms with Gasteiger partial charge in [-0.05, 0) is 31.0 Å². The van der Waals surface area contributed by atoms with Crippen LogP contribution < -0.4 is 16.4 Å². The molecule has 5 nitrogen and oxygen atoms in total. The maximum Gasteiger partial charge on any atom is 0.223 e. The number of nitrogens with zero attached hydrogens (tertiary/aromatic N) is 2. The van der Waals surface area contributed by atoms with Crippen LogP contribution in [-0.2, 0) is 0 Å². The van der Waals surface area contributed by atoms with Crippen LogP contribution >= 0.6 is 15.9 Å². The van der Waals surface area contributed by atoms with E-state index in [1.807, 2.05) is 31.2 Å². The topological polar surface area (TPSA) is 75.9 Å². The molecule has 0 spiro atoms. The van der Waals surface area contributed by atoms with Gasteiger partial charge in [0.2, 0.25) is 5.95 Å². The number of nitrogens with two attached hydrogens (primary N) is 1. The molecule has 0 aliphatic rings. The van der Waals surface area contributed by atoms with Crippen LogP contribution in [-0.4, -0.2) is 16.5 Å². The summed E-state index contributed by atoms with van der Waals surface area (Å²) < 4.78 is 1.01. The SMILES string of the molecule is CCCNc1cc(Nc2cc(Br)ccc2C)nc(N)n1. The summed E-state index contributed by atoms with van der Waals surface area (Å²) in [5.41, 5.74) is 7.86. The lowest BCUT2D eigenvalue weighted by molar-refractivity contribution is 0.967. The van der Waals surface area contributed by atoms with Crippen LogP contribution in [0.25, 0.3) is 0 Å². The van der Waals surface area contributed by atoms with Crippen LogP contribution in [0, 0.1) is 6.92 Å². The first-order valence-corrected chi connectivity index (χ1v) is 7.29. The first-order valence-electron chi connectivity index (χ1n) is 6.50. The lowest BCUT2D eigenvalue weighted by Gasteiger charge is -2.11. The molecule has 0 fully saturated rings. The number of anilines is 4. The van der Waals surface area contributed by atoms with Crippen molar-refractivity contribution in [1.82, 2.24) is 9.97 Å². The van der Waals surface area contributed by atoms with Gasteiger partial charge < -0.3 is 16.4 Å². The van der Waals surface area contributed by atoms with Crippen molar-refractivity contribution in [3.05, 3.63) is 34.3 Å². The predicted molar refractivity (Wildman–Crippen MR) is 87.4 cm³/mol. The molecule has 6 heteroatoms. The second kappa shape index (κ2) is 6.56. The number of halogens is 1. The van der Waals surface area contributed by atoms with Crippen LogP contribution in [0.15, 0.2) is 28.7 Å². The van der Waals surface area contributed by atoms with Crippen LogP contribution in [0.1, 0.15) is 18.9 Å². The van der Waals surface area contributed by atoms with Crippen LogP contribution in [0.4, 0.5) is 23.3 Å². The second-order valence-electron chi connectivity index (χ2n) is 4.51. The van der Waals surface area contributed by atoms with Crippen LogP contribution in [0.3, 0.4) is 0 Å². The molecule has 4 N–H and O–H groups in total. The van der Waals surface area contributed by atoms with Crippen molar-refractivity contribution in [2.24, 2.45) is 0 Å². The Morgan fingerprint density at radius 1 is 1.20 bits per heavy atom. The van der Waals surface area contributed by atoms with E-state index in [1.165, 1.54) is 0 Å². The fourth-order valence-corrected chi connectivity index (χ4v) is 2.10. The molecule has 0 aliphatic carbocycles. The Hall–Kier alpha value is -1.82. The first kappa shape index (κ1) is 14.6. The number of rotatable bonds is 5. The number of benzene rings is 1. The van der Waals surface area contributed by atoms with E-state index in [0.717, 1.165) is 34.5 Å². The second-order valence-corrected chi connectivity index (χ2v) is 5.42. The number of nitrogen functional groups attached to an aromatic ring is 1. The van der Waals surface area contributed by atoms with E-state index in [2.05, 4.69) is 43.5 Å². The summed E-state index contributed by atoms with van der Waals surface area (Å²) >= 11 is 3.46. The van der Waals surface area contributed by atoms with Crippen molar-refractivity contribution in [3.63, 3.8) is 0 Å². The Labute approximate surface area is 127 Å². The quantitative estimate of drug-likeness (QED) is 0.776. The molecule has 20 heavy (non-hydrogen) atoms. The van der Waals surface area contributed by atoms with Crippen LogP contribution in [0.2, 0.25) is 0 Å². The standard InChI is InChI=1S/C14H18BrN5/c1-3-6-17-12-8-13(20-14(16)19-12)18-11-7-10(15)5-4-9(11)2/h4-5,7-8H,3,6H2,1-2H3,(H4,16,17,18,19,20). The molecule has 2 rings (SSSR count). The average molecular weight is 336 g/mol.